The normalized spacial score (nSPS) is 17.2. The standard InChI is InChI=1S/C18H23N5O2S/c1-13-6-3-4-9-23(13)17(25)14-7-5-8-15(10-14)20-16(24)11-26-18-21-19-12-22(18)2/h5,7-8,10,12-13H,3-4,6,9,11H2,1-2H3,(H,20,24). The maximum Gasteiger partial charge on any atom is 0.254 e. The van der Waals surface area contributed by atoms with E-state index in [1.54, 1.807) is 35.2 Å². The molecule has 1 N–H and O–H groups in total. The van der Waals surface area contributed by atoms with E-state index in [-0.39, 0.29) is 23.6 Å². The molecule has 0 spiro atoms. The van der Waals surface area contributed by atoms with Gasteiger partial charge < -0.3 is 14.8 Å². The lowest BCUT2D eigenvalue weighted by atomic mass is 10.0. The van der Waals surface area contributed by atoms with Gasteiger partial charge in [0.05, 0.1) is 5.75 Å². The van der Waals surface area contributed by atoms with Crippen molar-refractivity contribution in [3.8, 4) is 0 Å². The third kappa shape index (κ3) is 4.43. The number of carbonyl (C=O) groups excluding carboxylic acids is 2. The fourth-order valence-corrected chi connectivity index (χ4v) is 3.71. The van der Waals surface area contributed by atoms with Crippen molar-refractivity contribution in [3.05, 3.63) is 36.2 Å². The summed E-state index contributed by atoms with van der Waals surface area (Å²) in [7, 11) is 1.83. The molecule has 138 valence electrons. The van der Waals surface area contributed by atoms with Crippen molar-refractivity contribution in [2.24, 2.45) is 7.05 Å². The highest BCUT2D eigenvalue weighted by molar-refractivity contribution is 7.99. The van der Waals surface area contributed by atoms with Crippen LogP contribution < -0.4 is 5.32 Å². The van der Waals surface area contributed by atoms with E-state index in [4.69, 9.17) is 0 Å². The second-order valence-electron chi connectivity index (χ2n) is 6.49. The van der Waals surface area contributed by atoms with Crippen LogP contribution in [-0.4, -0.2) is 49.8 Å². The molecule has 1 aromatic carbocycles. The number of rotatable bonds is 5. The predicted octanol–water partition coefficient (Wildman–Crippen LogP) is 2.56. The van der Waals surface area contributed by atoms with E-state index in [2.05, 4.69) is 22.4 Å². The molecule has 8 heteroatoms. The molecule has 1 aromatic heterocycles. The van der Waals surface area contributed by atoms with Crippen LogP contribution >= 0.6 is 11.8 Å². The molecule has 3 rings (SSSR count). The van der Waals surface area contributed by atoms with Gasteiger partial charge in [-0.1, -0.05) is 17.8 Å². The van der Waals surface area contributed by atoms with Crippen LogP contribution in [0.15, 0.2) is 35.7 Å². The van der Waals surface area contributed by atoms with E-state index in [1.807, 2.05) is 11.9 Å². The molecular formula is C18H23N5O2S. The lowest BCUT2D eigenvalue weighted by Gasteiger charge is -2.33. The minimum absolute atomic E-state index is 0.0294. The second-order valence-corrected chi connectivity index (χ2v) is 7.43. The maximum absolute atomic E-state index is 12.8. The molecule has 1 saturated heterocycles. The number of piperidine rings is 1. The zero-order valence-corrected chi connectivity index (χ0v) is 15.8. The van der Waals surface area contributed by atoms with E-state index in [0.29, 0.717) is 16.4 Å². The SMILES string of the molecule is CC1CCCCN1C(=O)c1cccc(NC(=O)CSc2nncn2C)c1. The third-order valence-electron chi connectivity index (χ3n) is 4.46. The second kappa shape index (κ2) is 8.35. The highest BCUT2D eigenvalue weighted by atomic mass is 32.2. The monoisotopic (exact) mass is 373 g/mol. The van der Waals surface area contributed by atoms with Crippen molar-refractivity contribution in [1.29, 1.82) is 0 Å². The Morgan fingerprint density at radius 1 is 1.35 bits per heavy atom. The van der Waals surface area contributed by atoms with Crippen molar-refractivity contribution in [3.63, 3.8) is 0 Å². The highest BCUT2D eigenvalue weighted by Gasteiger charge is 2.24. The van der Waals surface area contributed by atoms with Gasteiger partial charge in [-0.25, -0.2) is 0 Å². The Morgan fingerprint density at radius 2 is 2.19 bits per heavy atom. The molecule has 1 unspecified atom stereocenters. The number of benzene rings is 1. The van der Waals surface area contributed by atoms with Gasteiger partial charge in [-0.05, 0) is 44.4 Å². The van der Waals surface area contributed by atoms with Gasteiger partial charge in [0.1, 0.15) is 6.33 Å². The van der Waals surface area contributed by atoms with Crippen LogP contribution in [0.25, 0.3) is 0 Å². The number of aromatic nitrogens is 3. The van der Waals surface area contributed by atoms with E-state index >= 15 is 0 Å². The van der Waals surface area contributed by atoms with Crippen molar-refractivity contribution in [2.45, 2.75) is 37.4 Å². The van der Waals surface area contributed by atoms with Crippen LogP contribution in [0, 0.1) is 0 Å². The highest BCUT2D eigenvalue weighted by Crippen LogP contribution is 2.21. The maximum atomic E-state index is 12.8. The molecule has 0 radical (unpaired) electrons. The van der Waals surface area contributed by atoms with Crippen molar-refractivity contribution in [2.75, 3.05) is 17.6 Å². The summed E-state index contributed by atoms with van der Waals surface area (Å²) in [5.41, 5.74) is 1.24. The van der Waals surface area contributed by atoms with E-state index in [0.717, 1.165) is 19.4 Å². The smallest absolute Gasteiger partial charge is 0.254 e. The minimum Gasteiger partial charge on any atom is -0.336 e. The molecule has 1 atom stereocenters. The van der Waals surface area contributed by atoms with Crippen LogP contribution in [0.1, 0.15) is 36.5 Å². The molecule has 0 bridgehead atoms. The Balaban J connectivity index is 1.60. The topological polar surface area (TPSA) is 80.1 Å². The summed E-state index contributed by atoms with van der Waals surface area (Å²) in [6.07, 6.45) is 4.86. The first-order valence-corrected chi connectivity index (χ1v) is 9.71. The van der Waals surface area contributed by atoms with Gasteiger partial charge in [0, 0.05) is 30.9 Å². The zero-order chi connectivity index (χ0) is 18.5. The van der Waals surface area contributed by atoms with Gasteiger partial charge in [-0.3, -0.25) is 9.59 Å². The largest absolute Gasteiger partial charge is 0.336 e. The zero-order valence-electron chi connectivity index (χ0n) is 15.0. The number of thioether (sulfide) groups is 1. The fraction of sp³-hybridized carbons (Fsp3) is 0.444. The number of hydrogen-bond acceptors (Lipinski definition) is 5. The average molecular weight is 373 g/mol. The number of carbonyl (C=O) groups is 2. The van der Waals surface area contributed by atoms with Gasteiger partial charge in [-0.15, -0.1) is 10.2 Å². The summed E-state index contributed by atoms with van der Waals surface area (Å²) < 4.78 is 1.76. The van der Waals surface area contributed by atoms with Crippen molar-refractivity contribution >= 4 is 29.3 Å². The van der Waals surface area contributed by atoms with E-state index in [9.17, 15) is 9.59 Å². The van der Waals surface area contributed by atoms with Crippen molar-refractivity contribution < 1.29 is 9.59 Å². The fourth-order valence-electron chi connectivity index (χ4n) is 3.03. The lowest BCUT2D eigenvalue weighted by molar-refractivity contribution is -0.113. The molecule has 2 heterocycles. The average Bonchev–Trinajstić information content (AvgIpc) is 3.05. The molecule has 7 nitrogen and oxygen atoms in total. The molecule has 1 aliphatic rings. The first-order chi connectivity index (χ1) is 12.5. The van der Waals surface area contributed by atoms with E-state index < -0.39 is 0 Å². The van der Waals surface area contributed by atoms with Gasteiger partial charge in [0.15, 0.2) is 5.16 Å². The number of nitrogens with zero attached hydrogens (tertiary/aromatic N) is 4. The Morgan fingerprint density at radius 3 is 2.92 bits per heavy atom. The van der Waals surface area contributed by atoms with Gasteiger partial charge in [0.2, 0.25) is 5.91 Å². The number of anilines is 1. The van der Waals surface area contributed by atoms with Gasteiger partial charge >= 0.3 is 0 Å². The van der Waals surface area contributed by atoms with Crippen LogP contribution in [0.2, 0.25) is 0 Å². The minimum atomic E-state index is -0.145. The number of nitrogens with one attached hydrogen (secondary N) is 1. The number of likely N-dealkylation sites (tertiary alicyclic amines) is 1. The summed E-state index contributed by atoms with van der Waals surface area (Å²) in [5, 5.41) is 11.2. The van der Waals surface area contributed by atoms with Crippen LogP contribution in [0.5, 0.6) is 0 Å². The number of amides is 2. The summed E-state index contributed by atoms with van der Waals surface area (Å²) in [5.74, 6) is 0.115. The molecule has 1 fully saturated rings. The van der Waals surface area contributed by atoms with Crippen LogP contribution in [0.4, 0.5) is 5.69 Å². The molecule has 2 aromatic rings. The quantitative estimate of drug-likeness (QED) is 0.815. The Hall–Kier alpha value is -2.35. The Labute approximate surface area is 157 Å². The summed E-state index contributed by atoms with van der Waals surface area (Å²) >= 11 is 1.32. The van der Waals surface area contributed by atoms with Gasteiger partial charge in [-0.2, -0.15) is 0 Å². The molecule has 26 heavy (non-hydrogen) atoms. The summed E-state index contributed by atoms with van der Waals surface area (Å²) in [4.78, 5) is 26.9. The van der Waals surface area contributed by atoms with Gasteiger partial charge in [0.25, 0.3) is 5.91 Å². The lowest BCUT2D eigenvalue weighted by Crippen LogP contribution is -2.42. The summed E-state index contributed by atoms with van der Waals surface area (Å²) in [6.45, 7) is 2.89. The van der Waals surface area contributed by atoms with Crippen LogP contribution in [0.3, 0.4) is 0 Å². The first-order valence-electron chi connectivity index (χ1n) is 8.72. The Kier molecular flexibility index (Phi) is 5.92. The molecule has 0 aliphatic carbocycles. The number of hydrogen-bond donors (Lipinski definition) is 1. The molecule has 0 saturated carbocycles. The molecule has 2 amide bonds. The third-order valence-corrected chi connectivity index (χ3v) is 5.49. The summed E-state index contributed by atoms with van der Waals surface area (Å²) in [6, 6.07) is 7.40. The van der Waals surface area contributed by atoms with Crippen molar-refractivity contribution in [1.82, 2.24) is 19.7 Å². The van der Waals surface area contributed by atoms with Crippen LogP contribution in [-0.2, 0) is 11.8 Å². The molecular weight excluding hydrogens is 350 g/mol. The van der Waals surface area contributed by atoms with E-state index in [1.165, 1.54) is 18.2 Å². The molecule has 1 aliphatic heterocycles. The Bertz CT molecular complexity index is 791. The first kappa shape index (κ1) is 18.4. The predicted molar refractivity (Wildman–Crippen MR) is 101 cm³/mol. The number of aryl methyl sites for hydroxylation is 1.